The van der Waals surface area contributed by atoms with Crippen molar-refractivity contribution in [1.82, 2.24) is 4.90 Å². The van der Waals surface area contributed by atoms with Crippen LogP contribution in [0, 0.1) is 0 Å². The van der Waals surface area contributed by atoms with Crippen LogP contribution in [0.25, 0.3) is 6.08 Å². The van der Waals surface area contributed by atoms with Gasteiger partial charge in [0.1, 0.15) is 0 Å². The predicted octanol–water partition coefficient (Wildman–Crippen LogP) is 3.64. The second-order valence-electron chi connectivity index (χ2n) is 7.44. The van der Waals surface area contributed by atoms with Crippen LogP contribution in [0.2, 0.25) is 5.02 Å². The van der Waals surface area contributed by atoms with E-state index in [4.69, 9.17) is 11.6 Å². The average Bonchev–Trinajstić information content (AvgIpc) is 3.05. The highest BCUT2D eigenvalue weighted by Gasteiger charge is 2.34. The first kappa shape index (κ1) is 21.4. The lowest BCUT2D eigenvalue weighted by atomic mass is 10.1. The molecule has 0 aliphatic carbocycles. The molecule has 5 nitrogen and oxygen atoms in total. The maximum atomic E-state index is 13.0. The fraction of sp³-hybridized carbons (Fsp3) is 0.318. The molecule has 1 atom stereocenters. The predicted molar refractivity (Wildman–Crippen MR) is 119 cm³/mol. The number of carbonyl (C=O) groups is 1. The van der Waals surface area contributed by atoms with Crippen LogP contribution in [0.1, 0.15) is 17.5 Å². The largest absolute Gasteiger partial charge is 0.378 e. The zero-order valence-electron chi connectivity index (χ0n) is 16.6. The number of benzene rings is 2. The molecule has 1 heterocycles. The summed E-state index contributed by atoms with van der Waals surface area (Å²) in [6.07, 6.45) is 3.61. The Labute approximate surface area is 177 Å². The molecular weight excluding hydrogens is 408 g/mol. The summed E-state index contributed by atoms with van der Waals surface area (Å²) in [4.78, 5) is 16.7. The molecule has 0 N–H and O–H groups in total. The fourth-order valence-electron chi connectivity index (χ4n) is 3.37. The minimum atomic E-state index is -3.10. The molecule has 0 bridgehead atoms. The van der Waals surface area contributed by atoms with Gasteiger partial charge in [0.05, 0.1) is 11.5 Å². The number of halogens is 1. The minimum Gasteiger partial charge on any atom is -0.378 e. The van der Waals surface area contributed by atoms with Gasteiger partial charge in [0.15, 0.2) is 9.84 Å². The average molecular weight is 433 g/mol. The van der Waals surface area contributed by atoms with Crippen LogP contribution in [0.4, 0.5) is 5.69 Å². The van der Waals surface area contributed by atoms with Gasteiger partial charge in [0, 0.05) is 43.5 Å². The van der Waals surface area contributed by atoms with Crippen molar-refractivity contribution in [2.24, 2.45) is 0 Å². The first-order chi connectivity index (χ1) is 13.7. The molecule has 1 aliphatic rings. The highest BCUT2D eigenvalue weighted by Crippen LogP contribution is 2.23. The van der Waals surface area contributed by atoms with Crippen LogP contribution in [0.15, 0.2) is 54.6 Å². The smallest absolute Gasteiger partial charge is 0.247 e. The third kappa shape index (κ3) is 5.61. The summed E-state index contributed by atoms with van der Waals surface area (Å²) in [6, 6.07) is 14.9. The lowest BCUT2D eigenvalue weighted by molar-refractivity contribution is -0.128. The summed E-state index contributed by atoms with van der Waals surface area (Å²) in [5, 5.41) is 0.561. The topological polar surface area (TPSA) is 57.7 Å². The molecule has 3 rings (SSSR count). The van der Waals surface area contributed by atoms with Crippen molar-refractivity contribution in [3.63, 3.8) is 0 Å². The van der Waals surface area contributed by atoms with Gasteiger partial charge < -0.3 is 9.80 Å². The number of hydrogen-bond acceptors (Lipinski definition) is 4. The fourth-order valence-corrected chi connectivity index (χ4v) is 5.30. The lowest BCUT2D eigenvalue weighted by Gasteiger charge is -2.27. The maximum absolute atomic E-state index is 13.0. The Kier molecular flexibility index (Phi) is 6.65. The van der Waals surface area contributed by atoms with E-state index < -0.39 is 9.84 Å². The van der Waals surface area contributed by atoms with Crippen LogP contribution in [0.5, 0.6) is 0 Å². The number of sulfone groups is 1. The van der Waals surface area contributed by atoms with E-state index in [1.54, 1.807) is 17.0 Å². The lowest BCUT2D eigenvalue weighted by Crippen LogP contribution is -2.39. The van der Waals surface area contributed by atoms with Gasteiger partial charge in [-0.1, -0.05) is 41.9 Å². The molecule has 0 unspecified atom stereocenters. The molecule has 1 aliphatic heterocycles. The molecule has 0 saturated carbocycles. The SMILES string of the molecule is CN(C)c1ccc(CN(C(=O)/C=C/c2ccccc2Cl)[C@H]2CCS(=O)(=O)C2)cc1. The van der Waals surface area contributed by atoms with E-state index in [1.165, 1.54) is 6.08 Å². The first-order valence-electron chi connectivity index (χ1n) is 9.45. The van der Waals surface area contributed by atoms with Gasteiger partial charge in [0.25, 0.3) is 0 Å². The molecule has 154 valence electrons. The molecule has 7 heteroatoms. The minimum absolute atomic E-state index is 0.00839. The second-order valence-corrected chi connectivity index (χ2v) is 10.1. The van der Waals surface area contributed by atoms with Gasteiger partial charge in [-0.25, -0.2) is 8.42 Å². The number of carbonyl (C=O) groups excluding carboxylic acids is 1. The zero-order chi connectivity index (χ0) is 21.0. The number of anilines is 1. The monoisotopic (exact) mass is 432 g/mol. The van der Waals surface area contributed by atoms with Gasteiger partial charge in [0.2, 0.25) is 5.91 Å². The van der Waals surface area contributed by atoms with Gasteiger partial charge >= 0.3 is 0 Å². The van der Waals surface area contributed by atoms with E-state index >= 15 is 0 Å². The summed E-state index contributed by atoms with van der Waals surface area (Å²) in [5.74, 6) is -0.0901. The quantitative estimate of drug-likeness (QED) is 0.654. The molecule has 29 heavy (non-hydrogen) atoms. The Morgan fingerprint density at radius 1 is 1.14 bits per heavy atom. The van der Waals surface area contributed by atoms with E-state index in [-0.39, 0.29) is 23.5 Å². The summed E-state index contributed by atoms with van der Waals surface area (Å²) >= 11 is 6.16. The Hall–Kier alpha value is -2.31. The third-order valence-corrected chi connectivity index (χ3v) is 7.14. The van der Waals surface area contributed by atoms with Crippen molar-refractivity contribution in [2.75, 3.05) is 30.5 Å². The molecule has 1 saturated heterocycles. The van der Waals surface area contributed by atoms with Crippen molar-refractivity contribution in [3.8, 4) is 0 Å². The summed E-state index contributed by atoms with van der Waals surface area (Å²) < 4.78 is 24.0. The van der Waals surface area contributed by atoms with E-state index in [2.05, 4.69) is 0 Å². The Balaban J connectivity index is 1.82. The van der Waals surface area contributed by atoms with Crippen LogP contribution in [0.3, 0.4) is 0 Å². The summed E-state index contributed by atoms with van der Waals surface area (Å²) in [5.41, 5.74) is 2.77. The van der Waals surface area contributed by atoms with Crippen molar-refractivity contribution in [3.05, 3.63) is 70.8 Å². The Morgan fingerprint density at radius 2 is 1.83 bits per heavy atom. The number of rotatable bonds is 6. The van der Waals surface area contributed by atoms with Crippen LogP contribution in [-0.4, -0.2) is 50.9 Å². The number of hydrogen-bond donors (Lipinski definition) is 0. The third-order valence-electron chi connectivity index (χ3n) is 5.05. The normalized spacial score (nSPS) is 18.1. The van der Waals surface area contributed by atoms with Gasteiger partial charge in [-0.3, -0.25) is 4.79 Å². The van der Waals surface area contributed by atoms with Crippen LogP contribution >= 0.6 is 11.6 Å². The van der Waals surface area contributed by atoms with E-state index in [1.807, 2.05) is 61.5 Å². The maximum Gasteiger partial charge on any atom is 0.247 e. The van der Waals surface area contributed by atoms with Crippen molar-refractivity contribution in [2.45, 2.75) is 19.0 Å². The van der Waals surface area contributed by atoms with Crippen molar-refractivity contribution >= 4 is 39.1 Å². The first-order valence-corrected chi connectivity index (χ1v) is 11.6. The molecular formula is C22H25ClN2O3S. The number of amides is 1. The molecule has 2 aromatic rings. The molecule has 1 fully saturated rings. The van der Waals surface area contributed by atoms with Gasteiger partial charge in [-0.2, -0.15) is 0 Å². The van der Waals surface area contributed by atoms with E-state index in [0.29, 0.717) is 18.0 Å². The molecule has 0 aromatic heterocycles. The number of nitrogens with zero attached hydrogens (tertiary/aromatic N) is 2. The Morgan fingerprint density at radius 3 is 2.41 bits per heavy atom. The van der Waals surface area contributed by atoms with Crippen LogP contribution in [-0.2, 0) is 21.2 Å². The van der Waals surface area contributed by atoms with Crippen molar-refractivity contribution < 1.29 is 13.2 Å². The summed E-state index contributed by atoms with van der Waals surface area (Å²) in [6.45, 7) is 0.361. The highest BCUT2D eigenvalue weighted by molar-refractivity contribution is 7.91. The Bertz CT molecular complexity index is 1000. The van der Waals surface area contributed by atoms with E-state index in [9.17, 15) is 13.2 Å². The van der Waals surface area contributed by atoms with Crippen molar-refractivity contribution in [1.29, 1.82) is 0 Å². The molecule has 2 aromatic carbocycles. The molecule has 0 spiro atoms. The second kappa shape index (κ2) is 9.01. The molecule has 1 amide bonds. The zero-order valence-corrected chi connectivity index (χ0v) is 18.2. The summed E-state index contributed by atoms with van der Waals surface area (Å²) in [7, 11) is 0.828. The van der Waals surface area contributed by atoms with Gasteiger partial charge in [-0.05, 0) is 41.8 Å². The molecule has 0 radical (unpaired) electrons. The standard InChI is InChI=1S/C22H25ClN2O3S/c1-24(2)19-10-7-17(8-11-19)15-25(20-13-14-29(27,28)16-20)22(26)12-9-18-5-3-4-6-21(18)23/h3-12,20H,13-16H2,1-2H3/b12-9+/t20-/m0/s1. The van der Waals surface area contributed by atoms with E-state index in [0.717, 1.165) is 16.8 Å². The van der Waals surface area contributed by atoms with Gasteiger partial charge in [-0.15, -0.1) is 0 Å². The highest BCUT2D eigenvalue weighted by atomic mass is 35.5. The van der Waals surface area contributed by atoms with Crippen LogP contribution < -0.4 is 4.90 Å².